The molecule has 6 heteroatoms. The van der Waals surface area contributed by atoms with E-state index in [1.54, 1.807) is 0 Å². The van der Waals surface area contributed by atoms with Gasteiger partial charge < -0.3 is 4.57 Å². The van der Waals surface area contributed by atoms with Gasteiger partial charge in [0, 0.05) is 33.3 Å². The lowest BCUT2D eigenvalue weighted by molar-refractivity contribution is 1.07. The Morgan fingerprint density at radius 1 is 0.446 bits per heavy atom. The van der Waals surface area contributed by atoms with Crippen molar-refractivity contribution in [2.24, 2.45) is 0 Å². The Kier molecular flexibility index (Phi) is 6.21. The Balaban J connectivity index is 1.31. The molecule has 0 saturated carbocycles. The second-order valence-corrected chi connectivity index (χ2v) is 16.1. The Hall–Kier alpha value is -6.66. The van der Waals surface area contributed by atoms with Gasteiger partial charge in [-0.05, 0) is 116 Å². The summed E-state index contributed by atoms with van der Waals surface area (Å²) >= 11 is 0. The van der Waals surface area contributed by atoms with E-state index in [0.29, 0.717) is 0 Å². The fraction of sp³-hybridized carbons (Fsp3) is 0.120. The van der Waals surface area contributed by atoms with E-state index in [4.69, 9.17) is 9.97 Å². The summed E-state index contributed by atoms with van der Waals surface area (Å²) in [4.78, 5) is 11.3. The second kappa shape index (κ2) is 11.0. The monoisotopic (exact) mass is 719 g/mol. The zero-order chi connectivity index (χ0) is 37.7. The number of aryl methyl sites for hydroxylation is 6. The topological polar surface area (TPSA) is 40.6 Å². The van der Waals surface area contributed by atoms with Crippen molar-refractivity contribution < 1.29 is 0 Å². The third kappa shape index (κ3) is 3.86. The van der Waals surface area contributed by atoms with Crippen LogP contribution < -0.4 is 16.4 Å². The summed E-state index contributed by atoms with van der Waals surface area (Å²) in [5, 5.41) is 2.47. The summed E-state index contributed by atoms with van der Waals surface area (Å²) in [5.41, 5.74) is 24.0. The number of rotatable bonds is 3. The van der Waals surface area contributed by atoms with Crippen LogP contribution in [0.3, 0.4) is 0 Å². The molecule has 7 aromatic carbocycles. The molecule has 10 aromatic rings. The van der Waals surface area contributed by atoms with Crippen LogP contribution in [0.1, 0.15) is 33.4 Å². The number of benzene rings is 7. The Labute approximate surface area is 325 Å². The van der Waals surface area contributed by atoms with Gasteiger partial charge in [-0.1, -0.05) is 97.1 Å². The van der Waals surface area contributed by atoms with Crippen LogP contribution in [0.4, 0.5) is 0 Å². The molecule has 5 heterocycles. The molecule has 12 rings (SSSR count). The van der Waals surface area contributed by atoms with Gasteiger partial charge in [0.15, 0.2) is 0 Å². The molecule has 266 valence electrons. The summed E-state index contributed by atoms with van der Waals surface area (Å²) in [6.45, 7) is 13.3. The first kappa shape index (κ1) is 31.7. The van der Waals surface area contributed by atoms with Crippen molar-refractivity contribution in [3.8, 4) is 39.8 Å². The molecular formula is C50H38BN5. The van der Waals surface area contributed by atoms with E-state index < -0.39 is 0 Å². The van der Waals surface area contributed by atoms with Crippen molar-refractivity contribution in [3.05, 3.63) is 155 Å². The molecule has 56 heavy (non-hydrogen) atoms. The van der Waals surface area contributed by atoms with Crippen LogP contribution >= 0.6 is 0 Å². The number of aromatic nitrogens is 5. The molecule has 2 aliphatic rings. The van der Waals surface area contributed by atoms with Crippen molar-refractivity contribution >= 4 is 67.0 Å². The minimum Gasteiger partial charge on any atom is -0.307 e. The van der Waals surface area contributed by atoms with Gasteiger partial charge in [-0.15, -0.1) is 0 Å². The predicted octanol–water partition coefficient (Wildman–Crippen LogP) is 9.79. The van der Waals surface area contributed by atoms with Gasteiger partial charge in [-0.2, -0.15) is 0 Å². The summed E-state index contributed by atoms with van der Waals surface area (Å²) in [6.07, 6.45) is 0. The molecule has 0 radical (unpaired) electrons. The van der Waals surface area contributed by atoms with Gasteiger partial charge in [0.2, 0.25) is 0 Å². The normalized spacial score (nSPS) is 12.8. The smallest absolute Gasteiger partial charge is 0.252 e. The van der Waals surface area contributed by atoms with Crippen molar-refractivity contribution in [1.29, 1.82) is 0 Å². The molecule has 0 fully saturated rings. The Bertz CT molecular complexity index is 3330. The predicted molar refractivity (Wildman–Crippen MR) is 234 cm³/mol. The van der Waals surface area contributed by atoms with E-state index in [0.717, 1.165) is 28.2 Å². The van der Waals surface area contributed by atoms with Crippen molar-refractivity contribution in [2.75, 3.05) is 0 Å². The summed E-state index contributed by atoms with van der Waals surface area (Å²) in [5.74, 6) is 1.98. The van der Waals surface area contributed by atoms with E-state index in [9.17, 15) is 0 Å². The van der Waals surface area contributed by atoms with E-state index >= 15 is 0 Å². The summed E-state index contributed by atoms with van der Waals surface area (Å²) in [6, 6.07) is 44.8. The highest BCUT2D eigenvalue weighted by Gasteiger charge is 2.42. The number of para-hydroxylation sites is 3. The molecule has 0 atom stereocenters. The third-order valence-corrected chi connectivity index (χ3v) is 12.8. The van der Waals surface area contributed by atoms with Crippen LogP contribution in [0, 0.1) is 41.5 Å². The molecule has 0 N–H and O–H groups in total. The highest BCUT2D eigenvalue weighted by atomic mass is 15.1. The van der Waals surface area contributed by atoms with E-state index in [1.165, 1.54) is 105 Å². The Morgan fingerprint density at radius 3 is 1.66 bits per heavy atom. The fourth-order valence-electron chi connectivity index (χ4n) is 10.6. The fourth-order valence-corrected chi connectivity index (χ4v) is 10.6. The van der Waals surface area contributed by atoms with Crippen LogP contribution in [0.2, 0.25) is 0 Å². The molecule has 0 spiro atoms. The molecule has 0 aliphatic carbocycles. The highest BCUT2D eigenvalue weighted by Crippen LogP contribution is 2.43. The molecule has 0 unspecified atom stereocenters. The highest BCUT2D eigenvalue weighted by molar-refractivity contribution is 7.00. The number of nitrogens with zero attached hydrogens (tertiary/aromatic N) is 5. The average molecular weight is 720 g/mol. The minimum absolute atomic E-state index is 0.0101. The molecule has 3 aromatic heterocycles. The molecule has 0 saturated heterocycles. The standard InChI is InChI=1S/C50H38BN5/c1-27-14-9-15-28(2)41(27)49-52-37-22-12-21-35-47(37)55(49)39-24-13-25-40-43(39)51(35)36-26-34-33-20-7-8-23-38(33)54(45-31(5)18-11-19-32(45)6)46(34)44-48(36)56(40)50(53-44)42-29(3)16-10-17-30(42)4/h7-26H,1-6H3. The summed E-state index contributed by atoms with van der Waals surface area (Å²) < 4.78 is 7.46. The second-order valence-electron chi connectivity index (χ2n) is 16.1. The maximum Gasteiger partial charge on any atom is 0.252 e. The molecule has 5 nitrogen and oxygen atoms in total. The lowest BCUT2D eigenvalue weighted by atomic mass is 9.34. The van der Waals surface area contributed by atoms with E-state index in [-0.39, 0.29) is 6.71 Å². The Morgan fingerprint density at radius 2 is 1.00 bits per heavy atom. The number of fused-ring (bicyclic) bond motifs is 8. The van der Waals surface area contributed by atoms with Crippen molar-refractivity contribution in [3.63, 3.8) is 0 Å². The summed E-state index contributed by atoms with van der Waals surface area (Å²) in [7, 11) is 0. The maximum atomic E-state index is 5.86. The van der Waals surface area contributed by atoms with Crippen LogP contribution in [-0.4, -0.2) is 30.4 Å². The van der Waals surface area contributed by atoms with E-state index in [2.05, 4.69) is 177 Å². The first-order valence-electron chi connectivity index (χ1n) is 19.6. The van der Waals surface area contributed by atoms with Gasteiger partial charge in [-0.3, -0.25) is 9.13 Å². The van der Waals surface area contributed by atoms with Gasteiger partial charge in [0.05, 0.1) is 33.3 Å². The molecular weight excluding hydrogens is 681 g/mol. The quantitative estimate of drug-likeness (QED) is 0.171. The van der Waals surface area contributed by atoms with Gasteiger partial charge >= 0.3 is 0 Å². The zero-order valence-electron chi connectivity index (χ0n) is 32.4. The van der Waals surface area contributed by atoms with Crippen LogP contribution in [0.5, 0.6) is 0 Å². The molecule has 0 bridgehead atoms. The SMILES string of the molecule is Cc1cccc(C)c1-c1nc2cccc3c2n1-c1cccc2c1B3c1cc3c4ccccc4n(-c4c(C)cccc4C)c3c3nc(-c4c(C)cccc4C)n-2c13. The van der Waals surface area contributed by atoms with E-state index in [1.807, 2.05) is 0 Å². The third-order valence-electron chi connectivity index (χ3n) is 12.8. The van der Waals surface area contributed by atoms with Crippen LogP contribution in [-0.2, 0) is 0 Å². The zero-order valence-corrected chi connectivity index (χ0v) is 32.4. The molecule has 2 aliphatic heterocycles. The van der Waals surface area contributed by atoms with Crippen molar-refractivity contribution in [2.45, 2.75) is 41.5 Å². The van der Waals surface area contributed by atoms with Gasteiger partial charge in [0.25, 0.3) is 6.71 Å². The number of imidazole rings is 2. The maximum absolute atomic E-state index is 5.86. The largest absolute Gasteiger partial charge is 0.307 e. The van der Waals surface area contributed by atoms with Crippen LogP contribution in [0.15, 0.2) is 121 Å². The first-order chi connectivity index (χ1) is 27.3. The van der Waals surface area contributed by atoms with Crippen molar-refractivity contribution in [1.82, 2.24) is 23.7 Å². The lowest BCUT2D eigenvalue weighted by Crippen LogP contribution is -2.59. The first-order valence-corrected chi connectivity index (χ1v) is 19.6. The minimum atomic E-state index is -0.0101. The van der Waals surface area contributed by atoms with Crippen LogP contribution in [0.25, 0.3) is 83.7 Å². The molecule has 0 amide bonds. The number of hydrogen-bond acceptors (Lipinski definition) is 2. The average Bonchev–Trinajstić information content (AvgIpc) is 3.86. The lowest BCUT2D eigenvalue weighted by Gasteiger charge is -2.33. The number of hydrogen-bond donors (Lipinski definition) is 0. The van der Waals surface area contributed by atoms with Gasteiger partial charge in [0.1, 0.15) is 17.2 Å². The van der Waals surface area contributed by atoms with Gasteiger partial charge in [-0.25, -0.2) is 9.97 Å².